The van der Waals surface area contributed by atoms with Crippen LogP contribution in [-0.4, -0.2) is 88.4 Å². The standard InChI is InChI=1S/C22H39N7O9/c1-10(2)17(25)21(36)27-12(6-4-5-7-23)19(34)26-11(3)18(33)28-13(9-16(31)32)20(35)29-14(22(37)38)8-15(24)30/h10-14,17H,4-9,23,25H2,1-3H3,(H2,24,30)(H,26,34)(H,27,36)(H,28,33)(H,29,35)(H,31,32)(H,37,38)/t11-,12-,13-,14-,17-/m0/s1. The van der Waals surface area contributed by atoms with Crippen LogP contribution in [0.25, 0.3) is 0 Å². The van der Waals surface area contributed by atoms with E-state index in [1.165, 1.54) is 6.92 Å². The molecule has 0 saturated heterocycles. The number of carboxylic acids is 2. The van der Waals surface area contributed by atoms with Crippen molar-refractivity contribution in [2.45, 2.75) is 83.1 Å². The molecule has 16 nitrogen and oxygen atoms in total. The molecule has 0 unspecified atom stereocenters. The van der Waals surface area contributed by atoms with Crippen molar-refractivity contribution in [2.24, 2.45) is 23.1 Å². The lowest BCUT2D eigenvalue weighted by Crippen LogP contribution is -2.58. The smallest absolute Gasteiger partial charge is 0.326 e. The molecule has 38 heavy (non-hydrogen) atoms. The Kier molecular flexibility index (Phi) is 15.2. The van der Waals surface area contributed by atoms with Gasteiger partial charge in [0.2, 0.25) is 29.5 Å². The predicted octanol–water partition coefficient (Wildman–Crippen LogP) is -3.51. The van der Waals surface area contributed by atoms with Gasteiger partial charge in [-0.15, -0.1) is 0 Å². The van der Waals surface area contributed by atoms with Crippen molar-refractivity contribution >= 4 is 41.5 Å². The number of nitrogens with two attached hydrogens (primary N) is 3. The molecule has 0 radical (unpaired) electrons. The zero-order valence-electron chi connectivity index (χ0n) is 21.7. The predicted molar refractivity (Wildman–Crippen MR) is 133 cm³/mol. The highest BCUT2D eigenvalue weighted by Gasteiger charge is 2.32. The second kappa shape index (κ2) is 16.9. The van der Waals surface area contributed by atoms with Gasteiger partial charge in [0, 0.05) is 0 Å². The molecule has 0 fully saturated rings. The minimum atomic E-state index is -1.75. The maximum absolute atomic E-state index is 12.8. The summed E-state index contributed by atoms with van der Waals surface area (Å²) < 4.78 is 0. The van der Waals surface area contributed by atoms with E-state index in [4.69, 9.17) is 27.4 Å². The quantitative estimate of drug-likeness (QED) is 0.0761. The molecule has 0 aromatic carbocycles. The van der Waals surface area contributed by atoms with E-state index in [0.717, 1.165) is 0 Å². The van der Waals surface area contributed by atoms with E-state index in [0.29, 0.717) is 19.4 Å². The molecule has 0 aromatic rings. The molecule has 0 saturated carbocycles. The van der Waals surface area contributed by atoms with Gasteiger partial charge in [-0.3, -0.25) is 28.8 Å². The van der Waals surface area contributed by atoms with Crippen LogP contribution in [0, 0.1) is 5.92 Å². The lowest BCUT2D eigenvalue weighted by atomic mass is 10.0. The van der Waals surface area contributed by atoms with E-state index in [9.17, 15) is 33.6 Å². The average molecular weight is 546 g/mol. The summed E-state index contributed by atoms with van der Waals surface area (Å²) in [6.07, 6.45) is -0.423. The summed E-state index contributed by atoms with van der Waals surface area (Å²) in [5.74, 6) is -7.77. The van der Waals surface area contributed by atoms with Crippen LogP contribution in [0.1, 0.15) is 52.9 Å². The Balaban J connectivity index is 5.46. The molecule has 0 aliphatic carbocycles. The van der Waals surface area contributed by atoms with Crippen molar-refractivity contribution in [1.82, 2.24) is 21.3 Å². The molecule has 0 bridgehead atoms. The minimum Gasteiger partial charge on any atom is -0.481 e. The molecule has 5 amide bonds. The van der Waals surface area contributed by atoms with Gasteiger partial charge in [-0.25, -0.2) is 4.79 Å². The SMILES string of the molecule is CC(C)[C@H](N)C(=O)N[C@@H](CCCCN)C(=O)N[C@@H](C)C(=O)N[C@@H](CC(=O)O)C(=O)N[C@@H](CC(N)=O)C(=O)O. The molecule has 0 aromatic heterocycles. The Morgan fingerprint density at radius 2 is 1.24 bits per heavy atom. The summed E-state index contributed by atoms with van der Waals surface area (Å²) in [6.45, 7) is 5.09. The van der Waals surface area contributed by atoms with E-state index < -0.39 is 84.5 Å². The van der Waals surface area contributed by atoms with Crippen LogP contribution in [0.5, 0.6) is 0 Å². The minimum absolute atomic E-state index is 0.200. The Labute approximate surface area is 219 Å². The molecule has 12 N–H and O–H groups in total. The highest BCUT2D eigenvalue weighted by Crippen LogP contribution is 2.05. The number of primary amides is 1. The second-order valence-electron chi connectivity index (χ2n) is 9.07. The fourth-order valence-corrected chi connectivity index (χ4v) is 3.07. The molecule has 0 heterocycles. The molecule has 216 valence electrons. The highest BCUT2D eigenvalue weighted by molar-refractivity contribution is 5.96. The number of nitrogens with one attached hydrogen (secondary N) is 4. The Morgan fingerprint density at radius 1 is 0.711 bits per heavy atom. The summed E-state index contributed by atoms with van der Waals surface area (Å²) in [6, 6.07) is -6.70. The number of unbranched alkanes of at least 4 members (excludes halogenated alkanes) is 1. The lowest BCUT2D eigenvalue weighted by Gasteiger charge is -2.25. The molecule has 0 rings (SSSR count). The monoisotopic (exact) mass is 545 g/mol. The Bertz CT molecular complexity index is 881. The molecule has 0 spiro atoms. The second-order valence-corrected chi connectivity index (χ2v) is 9.07. The van der Waals surface area contributed by atoms with Crippen molar-refractivity contribution in [3.63, 3.8) is 0 Å². The number of carbonyl (C=O) groups is 7. The summed E-state index contributed by atoms with van der Waals surface area (Å²) in [5.41, 5.74) is 16.3. The van der Waals surface area contributed by atoms with Gasteiger partial charge in [-0.05, 0) is 38.6 Å². The summed E-state index contributed by atoms with van der Waals surface area (Å²) in [5, 5.41) is 27.3. The van der Waals surface area contributed by atoms with Gasteiger partial charge in [-0.1, -0.05) is 13.8 Å². The fourth-order valence-electron chi connectivity index (χ4n) is 3.07. The van der Waals surface area contributed by atoms with Crippen molar-refractivity contribution in [2.75, 3.05) is 6.54 Å². The van der Waals surface area contributed by atoms with Crippen LogP contribution in [0.3, 0.4) is 0 Å². The average Bonchev–Trinajstić information content (AvgIpc) is 2.80. The van der Waals surface area contributed by atoms with Gasteiger partial charge >= 0.3 is 11.9 Å². The van der Waals surface area contributed by atoms with Crippen LogP contribution in [0.2, 0.25) is 0 Å². The molecule has 16 heteroatoms. The first-order valence-electron chi connectivity index (χ1n) is 12.0. The first-order chi connectivity index (χ1) is 17.6. The Morgan fingerprint density at radius 3 is 1.71 bits per heavy atom. The summed E-state index contributed by atoms with van der Waals surface area (Å²) in [7, 11) is 0. The third kappa shape index (κ3) is 13.0. The van der Waals surface area contributed by atoms with Crippen LogP contribution < -0.4 is 38.5 Å². The highest BCUT2D eigenvalue weighted by atomic mass is 16.4. The number of hydrogen-bond donors (Lipinski definition) is 9. The van der Waals surface area contributed by atoms with Crippen LogP contribution in [0.4, 0.5) is 0 Å². The van der Waals surface area contributed by atoms with E-state index in [1.807, 2.05) is 5.32 Å². The maximum atomic E-state index is 12.8. The number of hydrogen-bond acceptors (Lipinski definition) is 9. The van der Waals surface area contributed by atoms with Gasteiger partial charge < -0.3 is 48.7 Å². The van der Waals surface area contributed by atoms with E-state index >= 15 is 0 Å². The van der Waals surface area contributed by atoms with E-state index in [-0.39, 0.29) is 12.3 Å². The van der Waals surface area contributed by atoms with E-state index in [2.05, 4.69) is 16.0 Å². The number of carbonyl (C=O) groups excluding carboxylic acids is 5. The summed E-state index contributed by atoms with van der Waals surface area (Å²) >= 11 is 0. The number of rotatable bonds is 18. The topological polar surface area (TPSA) is 286 Å². The first kappa shape index (κ1) is 34.2. The van der Waals surface area contributed by atoms with Crippen molar-refractivity contribution in [3.05, 3.63) is 0 Å². The third-order valence-electron chi connectivity index (χ3n) is 5.38. The molecule has 0 aliphatic heterocycles. The third-order valence-corrected chi connectivity index (χ3v) is 5.38. The Hall–Kier alpha value is -3.79. The largest absolute Gasteiger partial charge is 0.481 e. The van der Waals surface area contributed by atoms with Gasteiger partial charge in [0.1, 0.15) is 24.2 Å². The normalized spacial score (nSPS) is 14.8. The molecule has 5 atom stereocenters. The van der Waals surface area contributed by atoms with Crippen molar-refractivity contribution in [1.29, 1.82) is 0 Å². The zero-order valence-corrected chi connectivity index (χ0v) is 21.7. The number of aliphatic carboxylic acids is 2. The summed E-state index contributed by atoms with van der Waals surface area (Å²) in [4.78, 5) is 83.9. The van der Waals surface area contributed by atoms with Gasteiger partial charge in [0.15, 0.2) is 0 Å². The lowest BCUT2D eigenvalue weighted by molar-refractivity contribution is -0.144. The molecular weight excluding hydrogens is 506 g/mol. The van der Waals surface area contributed by atoms with Gasteiger partial charge in [0.05, 0.1) is 18.9 Å². The molecule has 0 aliphatic rings. The van der Waals surface area contributed by atoms with Gasteiger partial charge in [0.25, 0.3) is 0 Å². The van der Waals surface area contributed by atoms with Crippen LogP contribution in [-0.2, 0) is 33.6 Å². The first-order valence-corrected chi connectivity index (χ1v) is 12.0. The van der Waals surface area contributed by atoms with Crippen LogP contribution in [0.15, 0.2) is 0 Å². The number of amides is 5. The van der Waals surface area contributed by atoms with E-state index in [1.54, 1.807) is 13.8 Å². The fraction of sp³-hybridized carbons (Fsp3) is 0.682. The molecular formula is C22H39N7O9. The van der Waals surface area contributed by atoms with Crippen molar-refractivity contribution < 1.29 is 43.8 Å². The van der Waals surface area contributed by atoms with Crippen molar-refractivity contribution in [3.8, 4) is 0 Å². The van der Waals surface area contributed by atoms with Crippen LogP contribution >= 0.6 is 0 Å². The number of carboxylic acid groups (broad SMARTS) is 2. The zero-order chi connectivity index (χ0) is 29.6. The maximum Gasteiger partial charge on any atom is 0.326 e. The van der Waals surface area contributed by atoms with Gasteiger partial charge in [-0.2, -0.15) is 0 Å².